The smallest absolute Gasteiger partial charge is 0.187 e. The highest BCUT2D eigenvalue weighted by molar-refractivity contribution is 5.98. The van der Waals surface area contributed by atoms with Gasteiger partial charge in [-0.2, -0.15) is 5.26 Å². The van der Waals surface area contributed by atoms with E-state index in [-0.39, 0.29) is 24.6 Å². The van der Waals surface area contributed by atoms with Crippen LogP contribution in [0.25, 0.3) is 4.85 Å². The minimum atomic E-state index is -0.158. The second-order valence-electron chi connectivity index (χ2n) is 6.19. The number of carbonyl (C=O) groups excluding carboxylic acids is 1. The highest BCUT2D eigenvalue weighted by Crippen LogP contribution is 2.24. The molecule has 0 fully saturated rings. The van der Waals surface area contributed by atoms with E-state index < -0.39 is 0 Å². The number of nitrogens with zero attached hydrogens (tertiary/aromatic N) is 2. The van der Waals surface area contributed by atoms with Gasteiger partial charge in [0.1, 0.15) is 18.1 Å². The van der Waals surface area contributed by atoms with Crippen LogP contribution in [-0.2, 0) is 13.0 Å². The van der Waals surface area contributed by atoms with Crippen LogP contribution in [0, 0.1) is 17.9 Å². The molecule has 0 atom stereocenters. The van der Waals surface area contributed by atoms with Crippen LogP contribution >= 0.6 is 0 Å². The van der Waals surface area contributed by atoms with Gasteiger partial charge in [0.25, 0.3) is 0 Å². The molecule has 0 aliphatic heterocycles. The molecule has 1 N–H and O–H groups in total. The van der Waals surface area contributed by atoms with E-state index >= 15 is 0 Å². The first-order valence-corrected chi connectivity index (χ1v) is 8.53. The molecule has 3 aromatic carbocycles. The molecule has 5 heteroatoms. The van der Waals surface area contributed by atoms with E-state index in [4.69, 9.17) is 16.6 Å². The van der Waals surface area contributed by atoms with Gasteiger partial charge in [0.2, 0.25) is 0 Å². The third-order valence-electron chi connectivity index (χ3n) is 4.13. The molecule has 0 amide bonds. The molecule has 5 nitrogen and oxygen atoms in total. The fourth-order valence-electron chi connectivity index (χ4n) is 2.65. The molecule has 0 spiro atoms. The Kier molecular flexibility index (Phi) is 5.69. The topological polar surface area (TPSA) is 74.7 Å². The molecule has 0 aliphatic rings. The maximum atomic E-state index is 12.6. The van der Waals surface area contributed by atoms with Crippen molar-refractivity contribution in [3.05, 3.63) is 100 Å². The van der Waals surface area contributed by atoms with Gasteiger partial charge in [-0.05, 0) is 35.4 Å². The molecule has 0 saturated carbocycles. The van der Waals surface area contributed by atoms with Gasteiger partial charge in [0, 0.05) is 18.1 Å². The SMILES string of the molecule is [C-]#[N+]c1ccc(CC(=O)c2cc(O)cc(OCc3ccc(C#N)cc3)c2)cc1. The quantitative estimate of drug-likeness (QED) is 0.500. The number of nitriles is 1. The number of Topliss-reactive ketones (excluding diaryl/α,β-unsaturated/α-hetero) is 1. The normalized spacial score (nSPS) is 9.93. The van der Waals surface area contributed by atoms with Crippen molar-refractivity contribution >= 4 is 11.5 Å². The van der Waals surface area contributed by atoms with Crippen molar-refractivity contribution in [1.29, 1.82) is 5.26 Å². The Hall–Kier alpha value is -4.09. The zero-order valence-electron chi connectivity index (χ0n) is 14.9. The molecule has 0 heterocycles. The summed E-state index contributed by atoms with van der Waals surface area (Å²) in [6.45, 7) is 7.21. The Morgan fingerprint density at radius 3 is 2.36 bits per heavy atom. The van der Waals surface area contributed by atoms with Gasteiger partial charge < -0.3 is 9.84 Å². The molecule has 3 aromatic rings. The first-order valence-electron chi connectivity index (χ1n) is 8.53. The first-order chi connectivity index (χ1) is 13.6. The van der Waals surface area contributed by atoms with Crippen molar-refractivity contribution in [2.45, 2.75) is 13.0 Å². The Bertz CT molecular complexity index is 1070. The lowest BCUT2D eigenvalue weighted by Crippen LogP contribution is -2.04. The number of benzene rings is 3. The van der Waals surface area contributed by atoms with Crippen molar-refractivity contribution in [1.82, 2.24) is 0 Å². The van der Waals surface area contributed by atoms with E-state index in [1.807, 2.05) is 0 Å². The van der Waals surface area contributed by atoms with E-state index in [1.165, 1.54) is 12.1 Å². The second-order valence-corrected chi connectivity index (χ2v) is 6.19. The van der Waals surface area contributed by atoms with Crippen molar-refractivity contribution < 1.29 is 14.6 Å². The van der Waals surface area contributed by atoms with Crippen molar-refractivity contribution in [2.75, 3.05) is 0 Å². The molecule has 0 aromatic heterocycles. The molecule has 136 valence electrons. The van der Waals surface area contributed by atoms with Crippen LogP contribution in [0.15, 0.2) is 66.7 Å². The predicted molar refractivity (Wildman–Crippen MR) is 104 cm³/mol. The summed E-state index contributed by atoms with van der Waals surface area (Å²) in [5.74, 6) is 0.176. The summed E-state index contributed by atoms with van der Waals surface area (Å²) in [5, 5.41) is 18.8. The van der Waals surface area contributed by atoms with Gasteiger partial charge in [-0.3, -0.25) is 4.79 Å². The highest BCUT2D eigenvalue weighted by atomic mass is 16.5. The summed E-state index contributed by atoms with van der Waals surface area (Å²) in [6.07, 6.45) is 0.163. The number of aromatic hydroxyl groups is 1. The average Bonchev–Trinajstić information content (AvgIpc) is 2.72. The summed E-state index contributed by atoms with van der Waals surface area (Å²) in [4.78, 5) is 15.9. The lowest BCUT2D eigenvalue weighted by molar-refractivity contribution is 0.0992. The van der Waals surface area contributed by atoms with Crippen molar-refractivity contribution in [2.24, 2.45) is 0 Å². The summed E-state index contributed by atoms with van der Waals surface area (Å²) in [7, 11) is 0. The van der Waals surface area contributed by atoms with Crippen LogP contribution in [0.2, 0.25) is 0 Å². The maximum absolute atomic E-state index is 12.6. The number of hydrogen-bond donors (Lipinski definition) is 1. The Balaban J connectivity index is 1.70. The number of carbonyl (C=O) groups is 1. The Morgan fingerprint density at radius 2 is 1.71 bits per heavy atom. The van der Waals surface area contributed by atoms with Crippen LogP contribution in [-0.4, -0.2) is 10.9 Å². The number of ketones is 1. The maximum Gasteiger partial charge on any atom is 0.187 e. The van der Waals surface area contributed by atoms with E-state index in [0.717, 1.165) is 11.1 Å². The average molecular weight is 368 g/mol. The van der Waals surface area contributed by atoms with Gasteiger partial charge in [-0.15, -0.1) is 0 Å². The van der Waals surface area contributed by atoms with E-state index in [0.29, 0.717) is 22.6 Å². The van der Waals surface area contributed by atoms with Gasteiger partial charge in [0.05, 0.1) is 18.2 Å². The summed E-state index contributed by atoms with van der Waals surface area (Å²) >= 11 is 0. The zero-order chi connectivity index (χ0) is 19.9. The summed E-state index contributed by atoms with van der Waals surface area (Å²) in [5.41, 5.74) is 3.10. The second kappa shape index (κ2) is 8.53. The standard InChI is InChI=1S/C23H16N2O3/c1-25-20-8-6-16(7-9-20)10-23(27)19-11-21(26)13-22(12-19)28-15-18-4-2-17(14-24)3-5-18/h2-9,11-13,26H,10,15H2. The monoisotopic (exact) mass is 368 g/mol. The van der Waals surface area contributed by atoms with Crippen LogP contribution in [0.3, 0.4) is 0 Å². The Labute approximate surface area is 162 Å². The molecule has 0 bridgehead atoms. The van der Waals surface area contributed by atoms with E-state index in [2.05, 4.69) is 10.9 Å². The lowest BCUT2D eigenvalue weighted by Gasteiger charge is -2.09. The van der Waals surface area contributed by atoms with Crippen LogP contribution in [0.5, 0.6) is 11.5 Å². The fraction of sp³-hybridized carbons (Fsp3) is 0.0870. The van der Waals surface area contributed by atoms with Crippen LogP contribution in [0.1, 0.15) is 27.0 Å². The van der Waals surface area contributed by atoms with Gasteiger partial charge >= 0.3 is 0 Å². The third-order valence-corrected chi connectivity index (χ3v) is 4.13. The number of phenolic OH excluding ortho intramolecular Hbond substituents is 1. The van der Waals surface area contributed by atoms with Gasteiger partial charge in [-0.25, -0.2) is 4.85 Å². The molecular weight excluding hydrogens is 352 g/mol. The number of phenols is 1. The minimum absolute atomic E-state index is 0.0518. The molecule has 28 heavy (non-hydrogen) atoms. The van der Waals surface area contributed by atoms with E-state index in [1.54, 1.807) is 54.6 Å². The molecular formula is C23H16N2O3. The van der Waals surface area contributed by atoms with Crippen LogP contribution < -0.4 is 4.74 Å². The molecule has 3 rings (SSSR count). The lowest BCUT2D eigenvalue weighted by atomic mass is 10.0. The van der Waals surface area contributed by atoms with Crippen molar-refractivity contribution in [3.8, 4) is 17.6 Å². The van der Waals surface area contributed by atoms with Gasteiger partial charge in [-0.1, -0.05) is 36.4 Å². The molecule has 0 radical (unpaired) electrons. The molecule has 0 saturated heterocycles. The zero-order valence-corrected chi connectivity index (χ0v) is 14.9. The fourth-order valence-corrected chi connectivity index (χ4v) is 2.65. The summed E-state index contributed by atoms with van der Waals surface area (Å²) in [6, 6.07) is 20.3. The minimum Gasteiger partial charge on any atom is -0.508 e. The van der Waals surface area contributed by atoms with Crippen LogP contribution in [0.4, 0.5) is 5.69 Å². The predicted octanol–water partition coefficient (Wildman–Crippen LogP) is 4.82. The Morgan fingerprint density at radius 1 is 1.04 bits per heavy atom. The molecule has 0 aliphatic carbocycles. The van der Waals surface area contributed by atoms with E-state index in [9.17, 15) is 9.90 Å². The number of rotatable bonds is 6. The van der Waals surface area contributed by atoms with Gasteiger partial charge in [0.15, 0.2) is 11.5 Å². The third kappa shape index (κ3) is 4.75. The first kappa shape index (κ1) is 18.7. The van der Waals surface area contributed by atoms with Crippen molar-refractivity contribution in [3.63, 3.8) is 0 Å². The number of ether oxygens (including phenoxy) is 1. The number of hydrogen-bond acceptors (Lipinski definition) is 4. The molecule has 0 unspecified atom stereocenters. The highest BCUT2D eigenvalue weighted by Gasteiger charge is 2.11. The summed E-state index contributed by atoms with van der Waals surface area (Å²) < 4.78 is 5.69. The largest absolute Gasteiger partial charge is 0.508 e.